The Balaban J connectivity index is 2.24. The highest BCUT2D eigenvalue weighted by Gasteiger charge is 2.14. The molecular formula is C18H23NO. The maximum atomic E-state index is 9.51. The third-order valence-electron chi connectivity index (χ3n) is 3.45. The Morgan fingerprint density at radius 3 is 2.35 bits per heavy atom. The number of aromatic hydroxyl groups is 1. The second-order valence-corrected chi connectivity index (χ2v) is 5.74. The molecule has 20 heavy (non-hydrogen) atoms. The Hall–Kier alpha value is -1.96. The zero-order valence-corrected chi connectivity index (χ0v) is 12.4. The van der Waals surface area contributed by atoms with Crippen molar-refractivity contribution in [2.75, 3.05) is 5.32 Å². The molecule has 0 saturated carbocycles. The quantitative estimate of drug-likeness (QED) is 0.757. The van der Waals surface area contributed by atoms with Crippen molar-refractivity contribution in [1.29, 1.82) is 0 Å². The second kappa shape index (κ2) is 6.47. The predicted octanol–water partition coefficient (Wildman–Crippen LogP) is 4.90. The Bertz CT molecular complexity index is 549. The molecule has 0 fully saturated rings. The van der Waals surface area contributed by atoms with Gasteiger partial charge in [-0.2, -0.15) is 0 Å². The number of rotatable bonds is 5. The Morgan fingerprint density at radius 2 is 1.75 bits per heavy atom. The van der Waals surface area contributed by atoms with Gasteiger partial charge in [-0.1, -0.05) is 44.2 Å². The first-order valence-corrected chi connectivity index (χ1v) is 7.17. The molecule has 2 nitrogen and oxygen atoms in total. The first kappa shape index (κ1) is 14.4. The molecule has 2 heteroatoms. The van der Waals surface area contributed by atoms with E-state index in [2.05, 4.69) is 43.4 Å². The summed E-state index contributed by atoms with van der Waals surface area (Å²) in [5.41, 5.74) is 3.45. The number of nitrogens with one attached hydrogen (secondary N) is 1. The first-order valence-electron chi connectivity index (χ1n) is 7.17. The highest BCUT2D eigenvalue weighted by molar-refractivity contribution is 5.54. The SMILES string of the molecule is Cc1cc(O)ccc1NC(CC(C)C)c1ccccc1. The van der Waals surface area contributed by atoms with Crippen LogP contribution in [0.3, 0.4) is 0 Å². The molecule has 106 valence electrons. The summed E-state index contributed by atoms with van der Waals surface area (Å²) in [7, 11) is 0. The first-order chi connectivity index (χ1) is 9.56. The van der Waals surface area contributed by atoms with E-state index >= 15 is 0 Å². The van der Waals surface area contributed by atoms with Gasteiger partial charge in [0.2, 0.25) is 0 Å². The minimum Gasteiger partial charge on any atom is -0.508 e. The molecule has 2 aromatic rings. The predicted molar refractivity (Wildman–Crippen MR) is 85.1 cm³/mol. The number of hydrogen-bond donors (Lipinski definition) is 2. The summed E-state index contributed by atoms with van der Waals surface area (Å²) in [5, 5.41) is 13.1. The smallest absolute Gasteiger partial charge is 0.115 e. The molecule has 0 amide bonds. The van der Waals surface area contributed by atoms with Gasteiger partial charge in [-0.15, -0.1) is 0 Å². The summed E-state index contributed by atoms with van der Waals surface area (Å²) < 4.78 is 0. The molecule has 2 aromatic carbocycles. The van der Waals surface area contributed by atoms with Crippen LogP contribution < -0.4 is 5.32 Å². The zero-order chi connectivity index (χ0) is 14.5. The number of benzene rings is 2. The maximum absolute atomic E-state index is 9.51. The number of phenols is 1. The average Bonchev–Trinajstić information content (AvgIpc) is 2.41. The molecule has 2 N–H and O–H groups in total. The Labute approximate surface area is 121 Å². The van der Waals surface area contributed by atoms with Gasteiger partial charge in [-0.25, -0.2) is 0 Å². The van der Waals surface area contributed by atoms with Crippen LogP contribution in [0, 0.1) is 12.8 Å². The average molecular weight is 269 g/mol. The number of anilines is 1. The van der Waals surface area contributed by atoms with Gasteiger partial charge in [0.25, 0.3) is 0 Å². The van der Waals surface area contributed by atoms with E-state index in [4.69, 9.17) is 0 Å². The molecule has 1 atom stereocenters. The van der Waals surface area contributed by atoms with E-state index in [0.717, 1.165) is 17.7 Å². The lowest BCUT2D eigenvalue weighted by Crippen LogP contribution is -2.14. The molecule has 0 radical (unpaired) electrons. The normalized spacial score (nSPS) is 12.4. The van der Waals surface area contributed by atoms with Crippen LogP contribution in [0.4, 0.5) is 5.69 Å². The molecule has 0 aliphatic carbocycles. The van der Waals surface area contributed by atoms with E-state index < -0.39 is 0 Å². The van der Waals surface area contributed by atoms with Crippen LogP contribution in [0.2, 0.25) is 0 Å². The lowest BCUT2D eigenvalue weighted by Gasteiger charge is -2.23. The number of aryl methyl sites for hydroxylation is 1. The maximum Gasteiger partial charge on any atom is 0.115 e. The summed E-state index contributed by atoms with van der Waals surface area (Å²) in [6.07, 6.45) is 1.07. The van der Waals surface area contributed by atoms with E-state index in [-0.39, 0.29) is 0 Å². The summed E-state index contributed by atoms with van der Waals surface area (Å²) in [5.74, 6) is 0.929. The van der Waals surface area contributed by atoms with E-state index in [1.807, 2.05) is 19.1 Å². The molecule has 0 bridgehead atoms. The van der Waals surface area contributed by atoms with E-state index in [1.165, 1.54) is 5.56 Å². The van der Waals surface area contributed by atoms with Crippen molar-refractivity contribution in [3.05, 3.63) is 59.7 Å². The van der Waals surface area contributed by atoms with Gasteiger partial charge in [-0.3, -0.25) is 0 Å². The van der Waals surface area contributed by atoms with Gasteiger partial charge in [0, 0.05) is 5.69 Å². The molecular weight excluding hydrogens is 246 g/mol. The van der Waals surface area contributed by atoms with Gasteiger partial charge in [0.1, 0.15) is 5.75 Å². The largest absolute Gasteiger partial charge is 0.508 e. The van der Waals surface area contributed by atoms with E-state index in [1.54, 1.807) is 12.1 Å². The van der Waals surface area contributed by atoms with Crippen molar-refractivity contribution in [3.8, 4) is 5.75 Å². The Morgan fingerprint density at radius 1 is 1.05 bits per heavy atom. The minimum atomic E-state index is 0.291. The van der Waals surface area contributed by atoms with Gasteiger partial charge >= 0.3 is 0 Å². The van der Waals surface area contributed by atoms with Crippen LogP contribution in [0.5, 0.6) is 5.75 Å². The molecule has 0 heterocycles. The van der Waals surface area contributed by atoms with Gasteiger partial charge in [0.05, 0.1) is 6.04 Å². The third-order valence-corrected chi connectivity index (χ3v) is 3.45. The summed E-state index contributed by atoms with van der Waals surface area (Å²) in [4.78, 5) is 0. The summed E-state index contributed by atoms with van der Waals surface area (Å²) in [6, 6.07) is 16.3. The van der Waals surface area contributed by atoms with Crippen molar-refractivity contribution in [2.45, 2.75) is 33.2 Å². The second-order valence-electron chi connectivity index (χ2n) is 5.74. The van der Waals surface area contributed by atoms with Crippen LogP contribution >= 0.6 is 0 Å². The lowest BCUT2D eigenvalue weighted by atomic mass is 9.96. The molecule has 1 unspecified atom stereocenters. The zero-order valence-electron chi connectivity index (χ0n) is 12.4. The molecule has 0 spiro atoms. The minimum absolute atomic E-state index is 0.291. The van der Waals surface area contributed by atoms with Crippen molar-refractivity contribution in [2.24, 2.45) is 5.92 Å². The topological polar surface area (TPSA) is 32.3 Å². The molecule has 2 rings (SSSR count). The summed E-state index contributed by atoms with van der Waals surface area (Å²) in [6.45, 7) is 6.49. The van der Waals surface area contributed by atoms with Crippen molar-refractivity contribution < 1.29 is 5.11 Å². The van der Waals surface area contributed by atoms with Crippen LogP contribution in [0.15, 0.2) is 48.5 Å². The van der Waals surface area contributed by atoms with Crippen molar-refractivity contribution >= 4 is 5.69 Å². The van der Waals surface area contributed by atoms with Crippen molar-refractivity contribution in [3.63, 3.8) is 0 Å². The van der Waals surface area contributed by atoms with Crippen LogP contribution in [-0.4, -0.2) is 5.11 Å². The standard InChI is InChI=1S/C18H23NO/c1-13(2)11-18(15-7-5-4-6-8-15)19-17-10-9-16(20)12-14(17)3/h4-10,12-13,18-20H,11H2,1-3H3. The molecule has 0 saturated heterocycles. The highest BCUT2D eigenvalue weighted by Crippen LogP contribution is 2.28. The van der Waals surface area contributed by atoms with Crippen molar-refractivity contribution in [1.82, 2.24) is 0 Å². The number of hydrogen-bond acceptors (Lipinski definition) is 2. The fourth-order valence-corrected chi connectivity index (χ4v) is 2.43. The monoisotopic (exact) mass is 269 g/mol. The van der Waals surface area contributed by atoms with Gasteiger partial charge in [0.15, 0.2) is 0 Å². The number of phenolic OH excluding ortho intramolecular Hbond substituents is 1. The van der Waals surface area contributed by atoms with Crippen LogP contribution in [-0.2, 0) is 0 Å². The van der Waals surface area contributed by atoms with E-state index in [0.29, 0.717) is 17.7 Å². The van der Waals surface area contributed by atoms with Crippen LogP contribution in [0.25, 0.3) is 0 Å². The third kappa shape index (κ3) is 3.77. The van der Waals surface area contributed by atoms with Gasteiger partial charge in [-0.05, 0) is 48.6 Å². The summed E-state index contributed by atoms with van der Waals surface area (Å²) >= 11 is 0. The molecule has 0 aromatic heterocycles. The fourth-order valence-electron chi connectivity index (χ4n) is 2.43. The fraction of sp³-hybridized carbons (Fsp3) is 0.333. The van der Waals surface area contributed by atoms with E-state index in [9.17, 15) is 5.11 Å². The lowest BCUT2D eigenvalue weighted by molar-refractivity contribution is 0.475. The molecule has 0 aliphatic rings. The molecule has 0 aliphatic heterocycles. The van der Waals surface area contributed by atoms with Crippen LogP contribution in [0.1, 0.15) is 37.4 Å². The highest BCUT2D eigenvalue weighted by atomic mass is 16.3. The Kier molecular flexibility index (Phi) is 4.67. The van der Waals surface area contributed by atoms with Gasteiger partial charge < -0.3 is 10.4 Å².